The van der Waals surface area contributed by atoms with Crippen molar-refractivity contribution in [3.05, 3.63) is 95.3 Å². The molecule has 0 atom stereocenters. The zero-order valence-electron chi connectivity index (χ0n) is 22.4. The average Bonchev–Trinajstić information content (AvgIpc) is 3.25. The fourth-order valence-electron chi connectivity index (χ4n) is 3.89. The molecule has 1 heterocycles. The number of rotatable bonds is 10. The number of anilines is 2. The van der Waals surface area contributed by atoms with Gasteiger partial charge in [-0.25, -0.2) is 18.5 Å². The second-order valence-corrected chi connectivity index (χ2v) is 11.0. The van der Waals surface area contributed by atoms with Crippen molar-refractivity contribution in [2.75, 3.05) is 23.3 Å². The van der Waals surface area contributed by atoms with Crippen LogP contribution in [0.4, 0.5) is 11.4 Å². The molecular formula is C28H27ClN6O5S. The second kappa shape index (κ2) is 12.7. The van der Waals surface area contributed by atoms with E-state index in [-0.39, 0.29) is 21.6 Å². The maximum atomic E-state index is 13.6. The number of aromatic nitrogens is 2. The van der Waals surface area contributed by atoms with Crippen molar-refractivity contribution in [2.45, 2.75) is 18.7 Å². The molecule has 1 aromatic heterocycles. The van der Waals surface area contributed by atoms with Crippen molar-refractivity contribution in [3.8, 4) is 11.4 Å². The Morgan fingerprint density at radius 1 is 1.05 bits per heavy atom. The summed E-state index contributed by atoms with van der Waals surface area (Å²) < 4.78 is 35.1. The van der Waals surface area contributed by atoms with Crippen molar-refractivity contribution in [3.63, 3.8) is 0 Å². The lowest BCUT2D eigenvalue weighted by atomic mass is 10.2. The fraction of sp³-hybridized carbons (Fsp3) is 0.143. The first kappa shape index (κ1) is 29.3. The largest absolute Gasteiger partial charge is 0.497 e. The number of nitrogens with zero attached hydrogens (tertiary/aromatic N) is 4. The maximum Gasteiger partial charge on any atom is 0.264 e. The van der Waals surface area contributed by atoms with Gasteiger partial charge in [0.2, 0.25) is 5.91 Å². The summed E-state index contributed by atoms with van der Waals surface area (Å²) in [7, 11) is -2.71. The lowest BCUT2D eigenvalue weighted by Gasteiger charge is -2.24. The van der Waals surface area contributed by atoms with Gasteiger partial charge in [-0.15, -0.1) is 0 Å². The van der Waals surface area contributed by atoms with E-state index >= 15 is 0 Å². The van der Waals surface area contributed by atoms with E-state index in [0.29, 0.717) is 22.7 Å². The van der Waals surface area contributed by atoms with Crippen molar-refractivity contribution in [1.29, 1.82) is 0 Å². The molecule has 212 valence electrons. The zero-order chi connectivity index (χ0) is 29.6. The van der Waals surface area contributed by atoms with E-state index in [4.69, 9.17) is 16.3 Å². The third kappa shape index (κ3) is 6.91. The molecule has 0 saturated carbocycles. The van der Waals surface area contributed by atoms with Crippen LogP contribution in [0.5, 0.6) is 5.75 Å². The number of carbonyl (C=O) groups excluding carboxylic acids is 2. The van der Waals surface area contributed by atoms with Gasteiger partial charge in [-0.05, 0) is 67.6 Å². The number of halogens is 1. The Hall–Kier alpha value is -4.68. The second-order valence-electron chi connectivity index (χ2n) is 8.75. The lowest BCUT2D eigenvalue weighted by Crippen LogP contribution is -2.39. The summed E-state index contributed by atoms with van der Waals surface area (Å²) in [6, 6.07) is 21.2. The summed E-state index contributed by atoms with van der Waals surface area (Å²) in [6.45, 7) is 2.58. The Morgan fingerprint density at radius 2 is 1.71 bits per heavy atom. The lowest BCUT2D eigenvalue weighted by molar-refractivity contribution is -0.119. The molecule has 13 heteroatoms. The van der Waals surface area contributed by atoms with Crippen LogP contribution in [0.3, 0.4) is 0 Å². The standard InChI is InChI=1S/C28H27ClN6O5S/c1-19-26(28(29)33-35(19)23-7-5-4-6-8-23)17-30-32-27(37)18-34(22-11-13-24(40-3)14-12-22)41(38,39)25-15-9-21(10-16-25)31-20(2)36/h4-17H,18H2,1-3H3,(H,31,36)(H,32,37)/b30-17-. The molecule has 2 N–H and O–H groups in total. The van der Waals surface area contributed by atoms with E-state index in [1.807, 2.05) is 37.3 Å². The highest BCUT2D eigenvalue weighted by atomic mass is 35.5. The SMILES string of the molecule is COc1ccc(N(CC(=O)N/N=C\c2c(Cl)nn(-c3ccccc3)c2C)S(=O)(=O)c2ccc(NC(C)=O)cc2)cc1. The number of amides is 2. The van der Waals surface area contributed by atoms with Gasteiger partial charge in [0, 0.05) is 12.6 Å². The van der Waals surface area contributed by atoms with E-state index in [0.717, 1.165) is 9.99 Å². The highest BCUT2D eigenvalue weighted by molar-refractivity contribution is 7.92. The number of hydrazone groups is 1. The Labute approximate surface area is 242 Å². The third-order valence-electron chi connectivity index (χ3n) is 5.91. The Kier molecular flexibility index (Phi) is 9.05. The molecule has 0 bridgehead atoms. The summed E-state index contributed by atoms with van der Waals surface area (Å²) in [5.74, 6) is -0.468. The number of para-hydroxylation sites is 1. The first-order valence-electron chi connectivity index (χ1n) is 12.3. The fourth-order valence-corrected chi connectivity index (χ4v) is 5.57. The third-order valence-corrected chi connectivity index (χ3v) is 7.98. The molecule has 0 radical (unpaired) electrons. The number of sulfonamides is 1. The van der Waals surface area contributed by atoms with Crippen molar-refractivity contribution in [1.82, 2.24) is 15.2 Å². The molecule has 0 saturated heterocycles. The normalized spacial score (nSPS) is 11.3. The molecule has 4 rings (SSSR count). The first-order valence-corrected chi connectivity index (χ1v) is 14.1. The van der Waals surface area contributed by atoms with E-state index < -0.39 is 22.5 Å². The molecule has 0 aliphatic rings. The number of nitrogens with one attached hydrogen (secondary N) is 2. The van der Waals surface area contributed by atoms with Gasteiger partial charge in [0.15, 0.2) is 5.15 Å². The Bertz CT molecular complexity index is 1670. The first-order chi connectivity index (χ1) is 19.6. The van der Waals surface area contributed by atoms with E-state index in [1.165, 1.54) is 56.6 Å². The molecule has 0 aliphatic carbocycles. The molecule has 0 unspecified atom stereocenters. The van der Waals surface area contributed by atoms with Crippen LogP contribution in [0.25, 0.3) is 5.69 Å². The van der Waals surface area contributed by atoms with Gasteiger partial charge in [-0.2, -0.15) is 10.2 Å². The van der Waals surface area contributed by atoms with Crippen LogP contribution in [0, 0.1) is 6.92 Å². The molecule has 41 heavy (non-hydrogen) atoms. The quantitative estimate of drug-likeness (QED) is 0.209. The molecule has 0 fully saturated rings. The van der Waals surface area contributed by atoms with Crippen LogP contribution >= 0.6 is 11.6 Å². The highest BCUT2D eigenvalue weighted by Gasteiger charge is 2.27. The summed E-state index contributed by atoms with van der Waals surface area (Å²) in [5, 5.41) is 11.1. The zero-order valence-corrected chi connectivity index (χ0v) is 24.0. The van der Waals surface area contributed by atoms with Gasteiger partial charge in [-0.3, -0.25) is 13.9 Å². The molecule has 4 aromatic rings. The molecule has 3 aromatic carbocycles. The minimum absolute atomic E-state index is 0.0746. The van der Waals surface area contributed by atoms with E-state index in [9.17, 15) is 18.0 Å². The number of carbonyl (C=O) groups is 2. The van der Waals surface area contributed by atoms with Crippen LogP contribution in [0.1, 0.15) is 18.2 Å². The van der Waals surface area contributed by atoms with Gasteiger partial charge in [0.05, 0.1) is 40.9 Å². The predicted molar refractivity (Wildman–Crippen MR) is 157 cm³/mol. The number of hydrogen-bond acceptors (Lipinski definition) is 7. The number of ether oxygens (including phenoxy) is 1. The minimum atomic E-state index is -4.20. The summed E-state index contributed by atoms with van der Waals surface area (Å²) in [5.41, 5.74) is 5.04. The summed E-state index contributed by atoms with van der Waals surface area (Å²) >= 11 is 6.31. The van der Waals surface area contributed by atoms with E-state index in [2.05, 4.69) is 20.9 Å². The van der Waals surface area contributed by atoms with Crippen molar-refractivity contribution >= 4 is 51.0 Å². The monoisotopic (exact) mass is 594 g/mol. The van der Waals surface area contributed by atoms with Crippen molar-refractivity contribution in [2.24, 2.45) is 5.10 Å². The molecule has 0 aliphatic heterocycles. The van der Waals surface area contributed by atoms with Gasteiger partial charge in [0.1, 0.15) is 12.3 Å². The smallest absolute Gasteiger partial charge is 0.264 e. The summed E-state index contributed by atoms with van der Waals surface area (Å²) in [4.78, 5) is 24.2. The Morgan fingerprint density at radius 3 is 2.32 bits per heavy atom. The maximum absolute atomic E-state index is 13.6. The minimum Gasteiger partial charge on any atom is -0.497 e. The predicted octanol–water partition coefficient (Wildman–Crippen LogP) is 4.15. The number of hydrogen-bond donors (Lipinski definition) is 2. The highest BCUT2D eigenvalue weighted by Crippen LogP contribution is 2.27. The van der Waals surface area contributed by atoms with Crippen LogP contribution < -0.4 is 19.8 Å². The van der Waals surface area contributed by atoms with Crippen LogP contribution in [-0.2, 0) is 19.6 Å². The van der Waals surface area contributed by atoms with Crippen molar-refractivity contribution < 1.29 is 22.7 Å². The molecular weight excluding hydrogens is 568 g/mol. The van der Waals surface area contributed by atoms with Gasteiger partial charge < -0.3 is 10.1 Å². The molecule has 11 nitrogen and oxygen atoms in total. The topological polar surface area (TPSA) is 135 Å². The van der Waals surface area contributed by atoms with Gasteiger partial charge in [-0.1, -0.05) is 29.8 Å². The van der Waals surface area contributed by atoms with E-state index in [1.54, 1.807) is 16.8 Å². The molecule has 0 spiro atoms. The van der Waals surface area contributed by atoms with Gasteiger partial charge in [0.25, 0.3) is 15.9 Å². The number of benzene rings is 3. The van der Waals surface area contributed by atoms with Crippen LogP contribution in [-0.4, -0.2) is 49.9 Å². The van der Waals surface area contributed by atoms with Crippen LogP contribution in [0.2, 0.25) is 5.15 Å². The average molecular weight is 595 g/mol. The van der Waals surface area contributed by atoms with Crippen LogP contribution in [0.15, 0.2) is 88.9 Å². The van der Waals surface area contributed by atoms with Gasteiger partial charge >= 0.3 is 0 Å². The Balaban J connectivity index is 1.56. The summed E-state index contributed by atoms with van der Waals surface area (Å²) in [6.07, 6.45) is 1.36. The molecule has 2 amide bonds. The number of methoxy groups -OCH3 is 1.